The summed E-state index contributed by atoms with van der Waals surface area (Å²) in [5.74, 6) is 1.40. The first-order chi connectivity index (χ1) is 4.20. The number of alkyl halides is 1. The van der Waals surface area contributed by atoms with E-state index in [0.29, 0.717) is 15.6 Å². The van der Waals surface area contributed by atoms with Gasteiger partial charge in [-0.2, -0.15) is 4.98 Å². The molecular formula is C5H7IN2O. The molecule has 1 aromatic heterocycles. The molecule has 0 unspecified atom stereocenters. The molecule has 0 fully saturated rings. The summed E-state index contributed by atoms with van der Waals surface area (Å²) >= 11 is 2.23. The lowest BCUT2D eigenvalue weighted by Crippen LogP contribution is -1.81. The Kier molecular flexibility index (Phi) is 2.05. The Labute approximate surface area is 67.0 Å². The zero-order valence-corrected chi connectivity index (χ0v) is 7.42. The Balaban J connectivity index is 2.85. The standard InChI is InChI=1S/C5H7IN2O/c1-3(6)5-7-4(2)8-9-5/h3H,1-2H3/t3-/m1/s1. The molecule has 1 aromatic rings. The lowest BCUT2D eigenvalue weighted by Gasteiger charge is -1.89. The molecule has 0 aliphatic heterocycles. The second-order valence-electron chi connectivity index (χ2n) is 1.80. The van der Waals surface area contributed by atoms with Crippen molar-refractivity contribution in [1.29, 1.82) is 0 Å². The number of halogens is 1. The zero-order chi connectivity index (χ0) is 6.85. The van der Waals surface area contributed by atoms with E-state index in [4.69, 9.17) is 4.52 Å². The van der Waals surface area contributed by atoms with Crippen LogP contribution in [0.3, 0.4) is 0 Å². The van der Waals surface area contributed by atoms with E-state index in [1.54, 1.807) is 0 Å². The summed E-state index contributed by atoms with van der Waals surface area (Å²) in [4.78, 5) is 4.02. The fraction of sp³-hybridized carbons (Fsp3) is 0.600. The Morgan fingerprint density at radius 2 is 2.33 bits per heavy atom. The van der Waals surface area contributed by atoms with Crippen molar-refractivity contribution in [3.63, 3.8) is 0 Å². The van der Waals surface area contributed by atoms with Crippen LogP contribution in [0.25, 0.3) is 0 Å². The van der Waals surface area contributed by atoms with Gasteiger partial charge in [0.05, 0.1) is 3.92 Å². The Morgan fingerprint density at radius 1 is 1.67 bits per heavy atom. The molecule has 1 heterocycles. The number of hydrogen-bond acceptors (Lipinski definition) is 3. The first-order valence-corrected chi connectivity index (χ1v) is 3.89. The van der Waals surface area contributed by atoms with Crippen molar-refractivity contribution in [2.45, 2.75) is 17.8 Å². The highest BCUT2D eigenvalue weighted by Gasteiger charge is 2.06. The molecular weight excluding hydrogens is 231 g/mol. The van der Waals surface area contributed by atoms with Crippen molar-refractivity contribution in [3.8, 4) is 0 Å². The number of aromatic nitrogens is 2. The molecule has 3 nitrogen and oxygen atoms in total. The van der Waals surface area contributed by atoms with Crippen LogP contribution in [-0.4, -0.2) is 10.1 Å². The Hall–Kier alpha value is -0.130. The monoisotopic (exact) mass is 238 g/mol. The molecule has 0 aromatic carbocycles. The van der Waals surface area contributed by atoms with Gasteiger partial charge in [0.2, 0.25) is 5.89 Å². The van der Waals surface area contributed by atoms with Crippen LogP contribution in [0.15, 0.2) is 4.52 Å². The third kappa shape index (κ3) is 1.64. The lowest BCUT2D eigenvalue weighted by molar-refractivity contribution is 0.379. The minimum Gasteiger partial charge on any atom is -0.338 e. The summed E-state index contributed by atoms with van der Waals surface area (Å²) < 4.78 is 5.17. The maximum atomic E-state index is 4.86. The van der Waals surface area contributed by atoms with Gasteiger partial charge in [-0.1, -0.05) is 27.7 Å². The van der Waals surface area contributed by atoms with E-state index in [0.717, 1.165) is 0 Å². The lowest BCUT2D eigenvalue weighted by atomic mass is 10.5. The SMILES string of the molecule is Cc1noc([C@@H](C)I)n1. The maximum Gasteiger partial charge on any atom is 0.239 e. The first kappa shape index (κ1) is 6.98. The van der Waals surface area contributed by atoms with Crippen molar-refractivity contribution in [3.05, 3.63) is 11.7 Å². The molecule has 0 saturated heterocycles. The van der Waals surface area contributed by atoms with Gasteiger partial charge in [0.15, 0.2) is 5.82 Å². The highest BCUT2D eigenvalue weighted by Crippen LogP contribution is 2.19. The second-order valence-corrected chi connectivity index (χ2v) is 3.66. The minimum absolute atomic E-state index is 0.309. The van der Waals surface area contributed by atoms with Crippen LogP contribution in [0, 0.1) is 6.92 Å². The largest absolute Gasteiger partial charge is 0.338 e. The van der Waals surface area contributed by atoms with Crippen LogP contribution in [0.5, 0.6) is 0 Å². The summed E-state index contributed by atoms with van der Waals surface area (Å²) in [7, 11) is 0. The van der Waals surface area contributed by atoms with Gasteiger partial charge in [-0.25, -0.2) is 0 Å². The van der Waals surface area contributed by atoms with Crippen molar-refractivity contribution >= 4 is 22.6 Å². The van der Waals surface area contributed by atoms with Crippen molar-refractivity contribution in [2.75, 3.05) is 0 Å². The minimum atomic E-state index is 0.309. The highest BCUT2D eigenvalue weighted by molar-refractivity contribution is 14.1. The van der Waals surface area contributed by atoms with Crippen molar-refractivity contribution < 1.29 is 4.52 Å². The molecule has 4 heteroatoms. The summed E-state index contributed by atoms with van der Waals surface area (Å²) in [5, 5.41) is 3.65. The third-order valence-corrected chi connectivity index (χ3v) is 1.42. The van der Waals surface area contributed by atoms with E-state index in [1.807, 2.05) is 13.8 Å². The molecule has 9 heavy (non-hydrogen) atoms. The van der Waals surface area contributed by atoms with Gasteiger partial charge >= 0.3 is 0 Å². The third-order valence-electron chi connectivity index (χ3n) is 0.884. The van der Waals surface area contributed by atoms with E-state index in [-0.39, 0.29) is 0 Å². The van der Waals surface area contributed by atoms with Crippen LogP contribution in [0.1, 0.15) is 22.6 Å². The summed E-state index contributed by atoms with van der Waals surface area (Å²) in [5.41, 5.74) is 0. The average molecular weight is 238 g/mol. The number of aryl methyl sites for hydroxylation is 1. The normalized spacial score (nSPS) is 13.7. The van der Waals surface area contributed by atoms with Crippen LogP contribution in [-0.2, 0) is 0 Å². The van der Waals surface area contributed by atoms with Crippen LogP contribution in [0.4, 0.5) is 0 Å². The molecule has 0 N–H and O–H groups in total. The van der Waals surface area contributed by atoms with E-state index < -0.39 is 0 Å². The highest BCUT2D eigenvalue weighted by atomic mass is 127. The number of hydrogen-bond donors (Lipinski definition) is 0. The molecule has 1 atom stereocenters. The summed E-state index contributed by atoms with van der Waals surface area (Å²) in [6.45, 7) is 3.82. The van der Waals surface area contributed by atoms with Gasteiger partial charge in [-0.05, 0) is 13.8 Å². The second kappa shape index (κ2) is 2.64. The van der Waals surface area contributed by atoms with E-state index in [2.05, 4.69) is 32.7 Å². The molecule has 0 aliphatic carbocycles. The molecule has 0 amide bonds. The molecule has 0 bridgehead atoms. The molecule has 0 saturated carbocycles. The number of rotatable bonds is 1. The smallest absolute Gasteiger partial charge is 0.239 e. The van der Waals surface area contributed by atoms with Crippen LogP contribution >= 0.6 is 22.6 Å². The van der Waals surface area contributed by atoms with E-state index >= 15 is 0 Å². The zero-order valence-electron chi connectivity index (χ0n) is 5.26. The van der Waals surface area contributed by atoms with Crippen molar-refractivity contribution in [2.24, 2.45) is 0 Å². The summed E-state index contributed by atoms with van der Waals surface area (Å²) in [6, 6.07) is 0. The topological polar surface area (TPSA) is 38.9 Å². The Bertz CT molecular complexity index is 197. The van der Waals surface area contributed by atoms with Crippen LogP contribution < -0.4 is 0 Å². The quantitative estimate of drug-likeness (QED) is 0.553. The van der Waals surface area contributed by atoms with E-state index in [9.17, 15) is 0 Å². The average Bonchev–Trinajstić information content (AvgIpc) is 2.14. The molecule has 0 aliphatic rings. The van der Waals surface area contributed by atoms with Crippen molar-refractivity contribution in [1.82, 2.24) is 10.1 Å². The maximum absolute atomic E-state index is 4.86. The fourth-order valence-electron chi connectivity index (χ4n) is 0.475. The summed E-state index contributed by atoms with van der Waals surface area (Å²) in [6.07, 6.45) is 0. The molecule has 0 radical (unpaired) electrons. The van der Waals surface area contributed by atoms with Gasteiger partial charge in [0.1, 0.15) is 0 Å². The molecule has 50 valence electrons. The molecule has 1 rings (SSSR count). The Morgan fingerprint density at radius 3 is 2.56 bits per heavy atom. The number of nitrogens with zero attached hydrogens (tertiary/aromatic N) is 2. The first-order valence-electron chi connectivity index (χ1n) is 2.64. The predicted molar refractivity (Wildman–Crippen MR) is 41.5 cm³/mol. The van der Waals surface area contributed by atoms with Gasteiger partial charge < -0.3 is 4.52 Å². The van der Waals surface area contributed by atoms with Gasteiger partial charge in [-0.15, -0.1) is 0 Å². The fourth-order valence-corrected chi connectivity index (χ4v) is 0.728. The van der Waals surface area contributed by atoms with E-state index in [1.165, 1.54) is 0 Å². The van der Waals surface area contributed by atoms with Gasteiger partial charge in [-0.3, -0.25) is 0 Å². The molecule has 0 spiro atoms. The predicted octanol–water partition coefficient (Wildman–Crippen LogP) is 1.87. The van der Waals surface area contributed by atoms with Gasteiger partial charge in [0.25, 0.3) is 0 Å². The van der Waals surface area contributed by atoms with Crippen LogP contribution in [0.2, 0.25) is 0 Å². The van der Waals surface area contributed by atoms with Gasteiger partial charge in [0, 0.05) is 0 Å².